The predicted octanol–water partition coefficient (Wildman–Crippen LogP) is 3.80. The molecule has 1 fully saturated rings. The molecule has 1 aromatic heterocycles. The number of nitrogens with zero attached hydrogens (tertiary/aromatic N) is 1. The average molecular weight is 335 g/mol. The van der Waals surface area contributed by atoms with Crippen molar-refractivity contribution in [1.29, 1.82) is 5.26 Å². The van der Waals surface area contributed by atoms with Gasteiger partial charge in [-0.3, -0.25) is 0 Å². The van der Waals surface area contributed by atoms with Gasteiger partial charge in [-0.05, 0) is 50.8 Å². The number of halogens is 2. The van der Waals surface area contributed by atoms with E-state index >= 15 is 0 Å². The molecule has 0 N–H and O–H groups in total. The largest absolute Gasteiger partial charge is 0.450 e. The molecule has 2 atom stereocenters. The van der Waals surface area contributed by atoms with Crippen LogP contribution in [0, 0.1) is 17.2 Å². The molecule has 15 heavy (non-hydrogen) atoms. The Hall–Kier alpha value is -0.310. The second-order valence-corrected chi connectivity index (χ2v) is 5.01. The summed E-state index contributed by atoms with van der Waals surface area (Å²) in [6.45, 7) is 0.693. The van der Waals surface area contributed by atoms with E-state index < -0.39 is 0 Å². The first-order chi connectivity index (χ1) is 7.22. The molecule has 1 aliphatic rings. The second-order valence-electron chi connectivity index (χ2n) is 3.44. The van der Waals surface area contributed by atoms with Gasteiger partial charge in [0.25, 0.3) is 0 Å². The van der Waals surface area contributed by atoms with E-state index in [0.717, 1.165) is 17.3 Å². The van der Waals surface area contributed by atoms with Crippen molar-refractivity contribution >= 4 is 31.9 Å². The minimum absolute atomic E-state index is 0.108. The van der Waals surface area contributed by atoms with Crippen LogP contribution in [0.1, 0.15) is 24.7 Å². The fraction of sp³-hybridized carbons (Fsp3) is 0.500. The first-order valence-corrected chi connectivity index (χ1v) is 6.27. The van der Waals surface area contributed by atoms with Gasteiger partial charge in [-0.25, -0.2) is 0 Å². The molecule has 5 heteroatoms. The zero-order valence-electron chi connectivity index (χ0n) is 7.87. The maximum absolute atomic E-state index is 9.00. The maximum atomic E-state index is 9.00. The fourth-order valence-electron chi connectivity index (χ4n) is 1.70. The molecule has 1 aliphatic heterocycles. The van der Waals surface area contributed by atoms with Gasteiger partial charge in [-0.2, -0.15) is 5.26 Å². The summed E-state index contributed by atoms with van der Waals surface area (Å²) in [5.41, 5.74) is 0. The number of rotatable bonds is 1. The van der Waals surface area contributed by atoms with E-state index in [1.54, 1.807) is 0 Å². The van der Waals surface area contributed by atoms with E-state index in [1.165, 1.54) is 0 Å². The van der Waals surface area contributed by atoms with E-state index in [-0.39, 0.29) is 12.0 Å². The minimum Gasteiger partial charge on any atom is -0.450 e. The molecule has 0 aromatic carbocycles. The van der Waals surface area contributed by atoms with Crippen LogP contribution in [0.2, 0.25) is 0 Å². The molecule has 0 saturated carbocycles. The molecule has 2 rings (SSSR count). The smallest absolute Gasteiger partial charge is 0.183 e. The summed E-state index contributed by atoms with van der Waals surface area (Å²) in [5, 5.41) is 9.00. The van der Waals surface area contributed by atoms with E-state index in [2.05, 4.69) is 37.9 Å². The predicted molar refractivity (Wildman–Crippen MR) is 61.1 cm³/mol. The molecule has 0 amide bonds. The summed E-state index contributed by atoms with van der Waals surface area (Å²) < 4.78 is 12.5. The number of hydrogen-bond acceptors (Lipinski definition) is 3. The summed E-state index contributed by atoms with van der Waals surface area (Å²) >= 11 is 6.62. The highest BCUT2D eigenvalue weighted by molar-refractivity contribution is 9.13. The third-order valence-corrected chi connectivity index (χ3v) is 4.14. The van der Waals surface area contributed by atoms with Crippen molar-refractivity contribution in [1.82, 2.24) is 0 Å². The fourth-order valence-corrected chi connectivity index (χ4v) is 2.31. The third-order valence-electron chi connectivity index (χ3n) is 2.43. The Bertz CT molecular complexity index is 377. The lowest BCUT2D eigenvalue weighted by atomic mass is 9.94. The van der Waals surface area contributed by atoms with E-state index in [0.29, 0.717) is 17.0 Å². The Morgan fingerprint density at radius 3 is 2.87 bits per heavy atom. The highest BCUT2D eigenvalue weighted by Gasteiger charge is 2.30. The Labute approximate surface area is 105 Å². The van der Waals surface area contributed by atoms with Crippen LogP contribution in [0.15, 0.2) is 19.6 Å². The molecule has 1 saturated heterocycles. The molecule has 2 heterocycles. The van der Waals surface area contributed by atoms with Crippen molar-refractivity contribution in [3.05, 3.63) is 21.0 Å². The van der Waals surface area contributed by atoms with E-state index in [4.69, 9.17) is 14.4 Å². The van der Waals surface area contributed by atoms with Crippen molar-refractivity contribution < 1.29 is 9.15 Å². The topological polar surface area (TPSA) is 46.2 Å². The lowest BCUT2D eigenvalue weighted by Crippen LogP contribution is -2.20. The number of ether oxygens (including phenoxy) is 1. The normalized spacial score (nSPS) is 26.2. The molecule has 0 aliphatic carbocycles. The first-order valence-electron chi connectivity index (χ1n) is 4.68. The Kier molecular flexibility index (Phi) is 3.49. The van der Waals surface area contributed by atoms with Gasteiger partial charge >= 0.3 is 0 Å². The van der Waals surface area contributed by atoms with Crippen LogP contribution < -0.4 is 0 Å². The van der Waals surface area contributed by atoms with Gasteiger partial charge in [0.15, 0.2) is 4.67 Å². The minimum atomic E-state index is -0.230. The molecular weight excluding hydrogens is 326 g/mol. The van der Waals surface area contributed by atoms with Crippen molar-refractivity contribution in [2.75, 3.05) is 6.61 Å². The molecule has 0 radical (unpaired) electrons. The Balaban J connectivity index is 2.25. The van der Waals surface area contributed by atoms with Crippen LogP contribution in [0.5, 0.6) is 0 Å². The van der Waals surface area contributed by atoms with Crippen LogP contribution >= 0.6 is 31.9 Å². The van der Waals surface area contributed by atoms with E-state index in [1.807, 2.05) is 6.07 Å². The van der Waals surface area contributed by atoms with Gasteiger partial charge in [-0.1, -0.05) is 0 Å². The third kappa shape index (κ3) is 2.27. The molecule has 0 bridgehead atoms. The van der Waals surface area contributed by atoms with Crippen LogP contribution in [0.4, 0.5) is 0 Å². The maximum Gasteiger partial charge on any atom is 0.183 e. The van der Waals surface area contributed by atoms with Gasteiger partial charge in [0, 0.05) is 6.61 Å². The summed E-state index contributed by atoms with van der Waals surface area (Å²) in [7, 11) is 0. The van der Waals surface area contributed by atoms with Gasteiger partial charge in [-0.15, -0.1) is 0 Å². The highest BCUT2D eigenvalue weighted by atomic mass is 79.9. The van der Waals surface area contributed by atoms with Gasteiger partial charge < -0.3 is 9.15 Å². The average Bonchev–Trinajstić information content (AvgIpc) is 2.59. The van der Waals surface area contributed by atoms with Crippen LogP contribution in [0.3, 0.4) is 0 Å². The molecule has 2 unspecified atom stereocenters. The van der Waals surface area contributed by atoms with Crippen molar-refractivity contribution in [2.24, 2.45) is 5.92 Å². The van der Waals surface area contributed by atoms with Crippen LogP contribution in [-0.2, 0) is 4.74 Å². The lowest BCUT2D eigenvalue weighted by Gasteiger charge is -2.25. The molecular formula is C10H9Br2NO2. The second kappa shape index (κ2) is 4.69. The van der Waals surface area contributed by atoms with Crippen LogP contribution in [-0.4, -0.2) is 6.61 Å². The quantitative estimate of drug-likeness (QED) is 0.784. The lowest BCUT2D eigenvalue weighted by molar-refractivity contribution is -0.0230. The van der Waals surface area contributed by atoms with Gasteiger partial charge in [0.1, 0.15) is 11.9 Å². The standard InChI is InChI=1S/C10H9Br2NO2/c11-7-4-8(15-10(7)12)9-6(5-13)2-1-3-14-9/h4,6,9H,1-3H2. The number of nitriles is 1. The Morgan fingerprint density at radius 2 is 2.27 bits per heavy atom. The van der Waals surface area contributed by atoms with Gasteiger partial charge in [0.2, 0.25) is 0 Å². The summed E-state index contributed by atoms with van der Waals surface area (Å²) in [6, 6.07) is 4.12. The molecule has 3 nitrogen and oxygen atoms in total. The Morgan fingerprint density at radius 1 is 1.47 bits per heavy atom. The number of furan rings is 1. The summed E-state index contributed by atoms with van der Waals surface area (Å²) in [4.78, 5) is 0. The molecule has 80 valence electrons. The highest BCUT2D eigenvalue weighted by Crippen LogP contribution is 2.38. The zero-order valence-corrected chi connectivity index (χ0v) is 11.0. The summed E-state index contributed by atoms with van der Waals surface area (Å²) in [5.74, 6) is 0.601. The zero-order chi connectivity index (χ0) is 10.8. The number of hydrogen-bond donors (Lipinski definition) is 0. The van der Waals surface area contributed by atoms with Crippen molar-refractivity contribution in [3.8, 4) is 6.07 Å². The molecule has 0 spiro atoms. The summed E-state index contributed by atoms with van der Waals surface area (Å²) in [6.07, 6.45) is 1.58. The van der Waals surface area contributed by atoms with Crippen LogP contribution in [0.25, 0.3) is 0 Å². The van der Waals surface area contributed by atoms with E-state index in [9.17, 15) is 0 Å². The first kappa shape index (κ1) is 11.2. The SMILES string of the molecule is N#CC1CCCOC1c1cc(Br)c(Br)o1. The van der Waals surface area contributed by atoms with Crippen molar-refractivity contribution in [3.63, 3.8) is 0 Å². The van der Waals surface area contributed by atoms with Crippen molar-refractivity contribution in [2.45, 2.75) is 18.9 Å². The van der Waals surface area contributed by atoms with Gasteiger partial charge in [0.05, 0.1) is 16.5 Å². The monoisotopic (exact) mass is 333 g/mol. The molecule has 1 aromatic rings.